The molecule has 0 saturated heterocycles. The molecule has 0 radical (unpaired) electrons. The van der Waals surface area contributed by atoms with E-state index in [1.165, 1.54) is 23.9 Å². The molecule has 3 rings (SSSR count). The molecule has 3 aromatic rings. The van der Waals surface area contributed by atoms with E-state index in [9.17, 15) is 18.0 Å². The first-order valence-corrected chi connectivity index (χ1v) is 9.17. The minimum Gasteiger partial charge on any atom is -0.325 e. The quantitative estimate of drug-likeness (QED) is 0.497. The number of aromatic nitrogens is 3. The van der Waals surface area contributed by atoms with E-state index in [1.54, 1.807) is 25.3 Å². The van der Waals surface area contributed by atoms with E-state index in [4.69, 9.17) is 0 Å². The van der Waals surface area contributed by atoms with Crippen molar-refractivity contribution in [2.75, 3.05) is 11.1 Å². The Balaban J connectivity index is 1.66. The standard InChI is InChI=1S/C19H15F3N4OS/c1-12-24-16(15-7-2-3-8-23-15)10-18(25-12)28-11-17(27)26-14-6-4-5-13(9-14)19(20,21)22/h2-10H,11H2,1H3,(H,26,27). The van der Waals surface area contributed by atoms with Crippen LogP contribution >= 0.6 is 11.8 Å². The van der Waals surface area contributed by atoms with Crippen LogP contribution in [-0.2, 0) is 11.0 Å². The molecule has 28 heavy (non-hydrogen) atoms. The lowest BCUT2D eigenvalue weighted by molar-refractivity contribution is -0.137. The van der Waals surface area contributed by atoms with Crippen molar-refractivity contribution in [3.63, 3.8) is 0 Å². The highest BCUT2D eigenvalue weighted by Crippen LogP contribution is 2.30. The van der Waals surface area contributed by atoms with E-state index in [0.717, 1.165) is 12.1 Å². The summed E-state index contributed by atoms with van der Waals surface area (Å²) in [5, 5.41) is 3.05. The highest BCUT2D eigenvalue weighted by atomic mass is 32.2. The summed E-state index contributed by atoms with van der Waals surface area (Å²) < 4.78 is 38.3. The van der Waals surface area contributed by atoms with E-state index < -0.39 is 17.6 Å². The maximum absolute atomic E-state index is 12.8. The smallest absolute Gasteiger partial charge is 0.325 e. The SMILES string of the molecule is Cc1nc(SCC(=O)Nc2cccc(C(F)(F)F)c2)cc(-c2ccccn2)n1. The number of thioether (sulfide) groups is 1. The van der Waals surface area contributed by atoms with Crippen LogP contribution in [0.15, 0.2) is 59.8 Å². The Morgan fingerprint density at radius 2 is 1.89 bits per heavy atom. The van der Waals surface area contributed by atoms with E-state index in [2.05, 4.69) is 20.3 Å². The van der Waals surface area contributed by atoms with Gasteiger partial charge in [-0.2, -0.15) is 13.2 Å². The second-order valence-electron chi connectivity index (χ2n) is 5.77. The van der Waals surface area contributed by atoms with Gasteiger partial charge in [0.1, 0.15) is 10.9 Å². The van der Waals surface area contributed by atoms with Gasteiger partial charge in [0.15, 0.2) is 0 Å². The molecule has 0 unspecified atom stereocenters. The number of halogens is 3. The van der Waals surface area contributed by atoms with E-state index in [1.807, 2.05) is 12.1 Å². The third-order valence-electron chi connectivity index (χ3n) is 3.57. The van der Waals surface area contributed by atoms with Crippen molar-refractivity contribution in [2.45, 2.75) is 18.1 Å². The van der Waals surface area contributed by atoms with Gasteiger partial charge in [-0.25, -0.2) is 9.97 Å². The molecular weight excluding hydrogens is 389 g/mol. The number of aryl methyl sites for hydroxylation is 1. The van der Waals surface area contributed by atoms with Crippen molar-refractivity contribution in [1.29, 1.82) is 0 Å². The summed E-state index contributed by atoms with van der Waals surface area (Å²) in [5.41, 5.74) is 0.593. The number of alkyl halides is 3. The second kappa shape index (κ2) is 8.39. The molecule has 5 nitrogen and oxygen atoms in total. The normalized spacial score (nSPS) is 11.3. The van der Waals surface area contributed by atoms with Gasteiger partial charge in [0.25, 0.3) is 0 Å². The third kappa shape index (κ3) is 5.29. The van der Waals surface area contributed by atoms with Gasteiger partial charge in [-0.15, -0.1) is 0 Å². The number of amides is 1. The molecule has 1 amide bonds. The van der Waals surface area contributed by atoms with Gasteiger partial charge in [-0.3, -0.25) is 9.78 Å². The fraction of sp³-hybridized carbons (Fsp3) is 0.158. The van der Waals surface area contributed by atoms with Gasteiger partial charge in [0.2, 0.25) is 5.91 Å². The Morgan fingerprint density at radius 3 is 2.61 bits per heavy atom. The number of rotatable bonds is 5. The number of benzene rings is 1. The van der Waals surface area contributed by atoms with Crippen molar-refractivity contribution in [3.8, 4) is 11.4 Å². The zero-order chi connectivity index (χ0) is 20.1. The van der Waals surface area contributed by atoms with Crippen molar-refractivity contribution in [3.05, 3.63) is 66.1 Å². The van der Waals surface area contributed by atoms with Crippen LogP contribution < -0.4 is 5.32 Å². The average Bonchev–Trinajstić information content (AvgIpc) is 2.66. The fourth-order valence-corrected chi connectivity index (χ4v) is 3.11. The summed E-state index contributed by atoms with van der Waals surface area (Å²) in [7, 11) is 0. The molecule has 1 N–H and O–H groups in total. The number of pyridine rings is 1. The molecule has 0 spiro atoms. The Bertz CT molecular complexity index is 980. The topological polar surface area (TPSA) is 67.8 Å². The number of anilines is 1. The van der Waals surface area contributed by atoms with E-state index in [0.29, 0.717) is 22.2 Å². The van der Waals surface area contributed by atoms with Gasteiger partial charge < -0.3 is 5.32 Å². The molecule has 9 heteroatoms. The summed E-state index contributed by atoms with van der Waals surface area (Å²) in [6.45, 7) is 1.74. The van der Waals surface area contributed by atoms with Crippen molar-refractivity contribution >= 4 is 23.4 Å². The number of hydrogen-bond acceptors (Lipinski definition) is 5. The van der Waals surface area contributed by atoms with Crippen LogP contribution in [-0.4, -0.2) is 26.6 Å². The maximum Gasteiger partial charge on any atom is 0.416 e. The monoisotopic (exact) mass is 404 g/mol. The van der Waals surface area contributed by atoms with Crippen molar-refractivity contribution in [1.82, 2.24) is 15.0 Å². The molecule has 1 aromatic carbocycles. The van der Waals surface area contributed by atoms with Crippen LogP contribution in [0.25, 0.3) is 11.4 Å². The number of hydrogen-bond donors (Lipinski definition) is 1. The number of nitrogens with one attached hydrogen (secondary N) is 1. The van der Waals surface area contributed by atoms with Gasteiger partial charge in [0, 0.05) is 11.9 Å². The highest BCUT2D eigenvalue weighted by molar-refractivity contribution is 7.99. The molecule has 144 valence electrons. The van der Waals surface area contributed by atoms with Crippen LogP contribution in [0, 0.1) is 6.92 Å². The van der Waals surface area contributed by atoms with Crippen molar-refractivity contribution in [2.24, 2.45) is 0 Å². The largest absolute Gasteiger partial charge is 0.416 e. The molecule has 0 atom stereocenters. The molecule has 0 aliphatic carbocycles. The molecule has 0 aliphatic heterocycles. The summed E-state index contributed by atoms with van der Waals surface area (Å²) in [6.07, 6.45) is -2.81. The number of carbonyl (C=O) groups excluding carboxylic acids is 1. The summed E-state index contributed by atoms with van der Waals surface area (Å²) in [6, 6.07) is 11.7. The van der Waals surface area contributed by atoms with Crippen LogP contribution in [0.2, 0.25) is 0 Å². The first kappa shape index (κ1) is 19.8. The van der Waals surface area contributed by atoms with Crippen molar-refractivity contribution < 1.29 is 18.0 Å². The first-order valence-electron chi connectivity index (χ1n) is 8.18. The molecule has 2 aromatic heterocycles. The summed E-state index contributed by atoms with van der Waals surface area (Å²) in [4.78, 5) is 25.0. The highest BCUT2D eigenvalue weighted by Gasteiger charge is 2.30. The van der Waals surface area contributed by atoms with E-state index in [-0.39, 0.29) is 11.4 Å². The minimum atomic E-state index is -4.46. The van der Waals surface area contributed by atoms with Gasteiger partial charge in [0.05, 0.1) is 22.7 Å². The molecule has 0 fully saturated rings. The Labute approximate surface area is 163 Å². The molecule has 0 saturated carbocycles. The Hall–Kier alpha value is -2.94. The lowest BCUT2D eigenvalue weighted by Crippen LogP contribution is -2.15. The Morgan fingerprint density at radius 1 is 1.07 bits per heavy atom. The zero-order valence-corrected chi connectivity index (χ0v) is 15.5. The summed E-state index contributed by atoms with van der Waals surface area (Å²) >= 11 is 1.17. The van der Waals surface area contributed by atoms with Crippen LogP contribution in [0.4, 0.5) is 18.9 Å². The van der Waals surface area contributed by atoms with Crippen LogP contribution in [0.3, 0.4) is 0 Å². The molecular formula is C19H15F3N4OS. The lowest BCUT2D eigenvalue weighted by Gasteiger charge is -2.10. The fourth-order valence-electron chi connectivity index (χ4n) is 2.37. The maximum atomic E-state index is 12.8. The molecule has 2 heterocycles. The van der Waals surface area contributed by atoms with Gasteiger partial charge >= 0.3 is 6.18 Å². The Kier molecular flexibility index (Phi) is 5.93. The average molecular weight is 404 g/mol. The second-order valence-corrected chi connectivity index (χ2v) is 6.76. The first-order chi connectivity index (χ1) is 13.3. The zero-order valence-electron chi connectivity index (χ0n) is 14.7. The third-order valence-corrected chi connectivity index (χ3v) is 4.48. The molecule has 0 bridgehead atoms. The lowest BCUT2D eigenvalue weighted by atomic mass is 10.2. The number of carbonyl (C=O) groups is 1. The van der Waals surface area contributed by atoms with Gasteiger partial charge in [-0.05, 0) is 43.3 Å². The van der Waals surface area contributed by atoms with Gasteiger partial charge in [-0.1, -0.05) is 23.9 Å². The van der Waals surface area contributed by atoms with Crippen LogP contribution in [0.1, 0.15) is 11.4 Å². The predicted molar refractivity (Wildman–Crippen MR) is 101 cm³/mol. The van der Waals surface area contributed by atoms with E-state index >= 15 is 0 Å². The summed E-state index contributed by atoms with van der Waals surface area (Å²) in [5.74, 6) is 0.0952. The number of nitrogens with zero attached hydrogens (tertiary/aromatic N) is 3. The molecule has 0 aliphatic rings. The van der Waals surface area contributed by atoms with Crippen LogP contribution in [0.5, 0.6) is 0 Å². The predicted octanol–water partition coefficient (Wildman–Crippen LogP) is 4.60. The minimum absolute atomic E-state index is 0.00560.